The van der Waals surface area contributed by atoms with E-state index in [1.54, 1.807) is 13.1 Å². The Hall–Kier alpha value is -0.870. The first kappa shape index (κ1) is 21.8. The van der Waals surface area contributed by atoms with Crippen LogP contribution in [0.1, 0.15) is 31.2 Å². The number of nitrogens with zero attached hydrogens (tertiary/aromatic N) is 1. The van der Waals surface area contributed by atoms with E-state index in [9.17, 15) is 8.78 Å². The summed E-state index contributed by atoms with van der Waals surface area (Å²) in [5, 5.41) is 7.22. The summed E-state index contributed by atoms with van der Waals surface area (Å²) in [6.45, 7) is -1.76. The van der Waals surface area contributed by atoms with E-state index in [0.29, 0.717) is 34.6 Å². The topological polar surface area (TPSA) is 54.9 Å². The van der Waals surface area contributed by atoms with Gasteiger partial charge in [0, 0.05) is 48.2 Å². The van der Waals surface area contributed by atoms with Gasteiger partial charge in [-0.25, -0.2) is 0 Å². The molecular weight excluding hydrogens is 503 g/mol. The van der Waals surface area contributed by atoms with Gasteiger partial charge in [-0.2, -0.15) is 8.78 Å². The molecule has 0 bridgehead atoms. The molecule has 156 valence electrons. The Morgan fingerprint density at radius 1 is 1.43 bits per heavy atom. The second-order valence-electron chi connectivity index (χ2n) is 7.51. The van der Waals surface area contributed by atoms with E-state index in [1.165, 1.54) is 31.4 Å². The van der Waals surface area contributed by atoms with Gasteiger partial charge in [0.2, 0.25) is 0 Å². The van der Waals surface area contributed by atoms with E-state index in [4.69, 9.17) is 16.3 Å². The lowest BCUT2D eigenvalue weighted by molar-refractivity contribution is -0.171. The summed E-state index contributed by atoms with van der Waals surface area (Å²) in [5.41, 5.74) is 0.790. The minimum Gasteiger partial charge on any atom is -0.434 e. The lowest BCUT2D eigenvalue weighted by Gasteiger charge is -2.63. The van der Waals surface area contributed by atoms with E-state index in [1.807, 2.05) is 0 Å². The van der Waals surface area contributed by atoms with Crippen molar-refractivity contribution in [1.29, 1.82) is 0 Å². The number of ether oxygens (including phenoxy) is 2. The maximum atomic E-state index is 12.6. The monoisotopic (exact) mass is 527 g/mol. The van der Waals surface area contributed by atoms with Gasteiger partial charge in [0.25, 0.3) is 0 Å². The highest BCUT2D eigenvalue weighted by Crippen LogP contribution is 2.62. The first-order chi connectivity index (χ1) is 13.0. The van der Waals surface area contributed by atoms with Gasteiger partial charge in [-0.3, -0.25) is 4.99 Å². The zero-order valence-corrected chi connectivity index (χ0v) is 18.7. The second-order valence-corrected chi connectivity index (χ2v) is 7.95. The molecular formula is C19H25ClF2IN3O2. The van der Waals surface area contributed by atoms with Gasteiger partial charge >= 0.3 is 6.61 Å². The van der Waals surface area contributed by atoms with Crippen LogP contribution in [0.3, 0.4) is 0 Å². The Kier molecular flexibility index (Phi) is 6.92. The molecule has 0 radical (unpaired) electrons. The first-order valence-electron chi connectivity index (χ1n) is 9.35. The zero-order valence-electron chi connectivity index (χ0n) is 15.6. The van der Waals surface area contributed by atoms with Crippen LogP contribution in [0.15, 0.2) is 23.2 Å². The van der Waals surface area contributed by atoms with E-state index in [0.717, 1.165) is 13.0 Å². The van der Waals surface area contributed by atoms with E-state index < -0.39 is 6.61 Å². The van der Waals surface area contributed by atoms with Crippen LogP contribution in [0.25, 0.3) is 0 Å². The molecule has 2 saturated carbocycles. The second kappa shape index (κ2) is 8.87. The average molecular weight is 528 g/mol. The molecule has 3 aliphatic rings. The van der Waals surface area contributed by atoms with Crippen LogP contribution in [0.5, 0.6) is 5.75 Å². The van der Waals surface area contributed by atoms with Crippen LogP contribution in [-0.2, 0) is 11.3 Å². The Bertz CT molecular complexity index is 733. The van der Waals surface area contributed by atoms with Gasteiger partial charge in [0.1, 0.15) is 5.75 Å². The molecule has 1 spiro atoms. The van der Waals surface area contributed by atoms with Crippen LogP contribution < -0.4 is 15.4 Å². The summed E-state index contributed by atoms with van der Waals surface area (Å²) in [5.74, 6) is 1.29. The summed E-state index contributed by atoms with van der Waals surface area (Å²) >= 11 is 6.01. The van der Waals surface area contributed by atoms with Crippen molar-refractivity contribution in [2.24, 2.45) is 16.3 Å². The summed E-state index contributed by atoms with van der Waals surface area (Å²) in [7, 11) is 1.71. The normalized spacial score (nSPS) is 27.5. The van der Waals surface area contributed by atoms with Gasteiger partial charge in [-0.1, -0.05) is 18.0 Å². The van der Waals surface area contributed by atoms with Crippen LogP contribution in [0.4, 0.5) is 8.78 Å². The molecule has 0 aromatic heterocycles. The highest BCUT2D eigenvalue weighted by Gasteiger charge is 2.66. The van der Waals surface area contributed by atoms with E-state index >= 15 is 0 Å². The Morgan fingerprint density at radius 2 is 2.21 bits per heavy atom. The molecule has 1 heterocycles. The number of nitrogens with one attached hydrogen (secondary N) is 2. The van der Waals surface area contributed by atoms with Gasteiger partial charge < -0.3 is 20.1 Å². The number of hydrogen-bond donors (Lipinski definition) is 2. The molecule has 2 N–H and O–H groups in total. The fourth-order valence-electron chi connectivity index (χ4n) is 4.87. The standard InChI is InChI=1S/C19H24ClF2N3O2.HI/c1-23-18(24-10-11-9-12(20)3-4-14(11)27-17(21)22)25-15-13-5-8-26-16(13)19(15)6-2-7-19;/h3-4,9,13,15-17H,2,5-8,10H2,1H3,(H2,23,24,25);1H. The molecule has 3 fully saturated rings. The number of fused-ring (bicyclic) bond motifs is 2. The number of benzene rings is 1. The van der Waals surface area contributed by atoms with Crippen molar-refractivity contribution >= 4 is 41.5 Å². The minimum absolute atomic E-state index is 0. The Labute approximate surface area is 185 Å². The predicted octanol–water partition coefficient (Wildman–Crippen LogP) is 4.18. The molecule has 0 amide bonds. The molecule has 9 heteroatoms. The Morgan fingerprint density at radius 3 is 2.86 bits per heavy atom. The van der Waals surface area contributed by atoms with E-state index in [-0.39, 0.29) is 41.7 Å². The molecule has 28 heavy (non-hydrogen) atoms. The molecule has 4 rings (SSSR count). The number of halogens is 4. The number of aliphatic imine (C=N–C) groups is 1. The molecule has 2 aliphatic carbocycles. The van der Waals surface area contributed by atoms with Crippen LogP contribution >= 0.6 is 35.6 Å². The molecule has 1 aromatic rings. The highest BCUT2D eigenvalue weighted by atomic mass is 127. The van der Waals surface area contributed by atoms with Gasteiger partial charge in [-0.05, 0) is 37.5 Å². The van der Waals surface area contributed by atoms with Crippen LogP contribution in [0, 0.1) is 11.3 Å². The van der Waals surface area contributed by atoms with Gasteiger partial charge in [0.15, 0.2) is 5.96 Å². The summed E-state index contributed by atoms with van der Waals surface area (Å²) in [6.07, 6.45) is 5.06. The molecule has 1 saturated heterocycles. The average Bonchev–Trinajstić information content (AvgIpc) is 3.00. The van der Waals surface area contributed by atoms with Crippen LogP contribution in [0.2, 0.25) is 5.02 Å². The number of guanidine groups is 1. The third-order valence-electron chi connectivity index (χ3n) is 6.24. The summed E-state index contributed by atoms with van der Waals surface area (Å²) < 4.78 is 35.8. The van der Waals surface area contributed by atoms with Crippen molar-refractivity contribution in [2.45, 2.75) is 51.0 Å². The lowest BCUT2D eigenvalue weighted by atomic mass is 9.46. The van der Waals surface area contributed by atoms with Gasteiger partial charge in [0.05, 0.1) is 6.10 Å². The third-order valence-corrected chi connectivity index (χ3v) is 6.47. The smallest absolute Gasteiger partial charge is 0.387 e. The predicted molar refractivity (Wildman–Crippen MR) is 115 cm³/mol. The number of hydrogen-bond acceptors (Lipinski definition) is 3. The quantitative estimate of drug-likeness (QED) is 0.343. The third kappa shape index (κ3) is 3.92. The number of alkyl halides is 2. The van der Waals surface area contributed by atoms with Crippen molar-refractivity contribution in [3.05, 3.63) is 28.8 Å². The molecule has 1 aliphatic heterocycles. The molecule has 3 atom stereocenters. The lowest BCUT2D eigenvalue weighted by Crippen LogP contribution is -2.72. The van der Waals surface area contributed by atoms with Gasteiger partial charge in [-0.15, -0.1) is 24.0 Å². The van der Waals surface area contributed by atoms with Crippen molar-refractivity contribution in [3.8, 4) is 5.75 Å². The first-order valence-corrected chi connectivity index (χ1v) is 9.73. The fraction of sp³-hybridized carbons (Fsp3) is 0.632. The molecule has 1 aromatic carbocycles. The van der Waals surface area contributed by atoms with E-state index in [2.05, 4.69) is 20.4 Å². The van der Waals surface area contributed by atoms with Crippen molar-refractivity contribution in [2.75, 3.05) is 13.7 Å². The fourth-order valence-corrected chi connectivity index (χ4v) is 5.07. The molecule has 5 nitrogen and oxygen atoms in total. The maximum Gasteiger partial charge on any atom is 0.387 e. The van der Waals surface area contributed by atoms with Crippen molar-refractivity contribution in [1.82, 2.24) is 10.6 Å². The number of rotatable bonds is 5. The SMILES string of the molecule is CN=C(NCc1cc(Cl)ccc1OC(F)F)NC1C2CCOC2C12CCC2.I. The molecule has 3 unspecified atom stereocenters. The maximum absolute atomic E-state index is 12.6. The summed E-state index contributed by atoms with van der Waals surface area (Å²) in [4.78, 5) is 4.31. The van der Waals surface area contributed by atoms with Crippen molar-refractivity contribution in [3.63, 3.8) is 0 Å². The zero-order chi connectivity index (χ0) is 19.0. The van der Waals surface area contributed by atoms with Crippen molar-refractivity contribution < 1.29 is 18.3 Å². The summed E-state index contributed by atoms with van der Waals surface area (Å²) in [6, 6.07) is 4.96. The van der Waals surface area contributed by atoms with Crippen LogP contribution in [-0.4, -0.2) is 38.4 Å². The highest BCUT2D eigenvalue weighted by molar-refractivity contribution is 14.0. The minimum atomic E-state index is -2.88. The Balaban J connectivity index is 0.00000225. The largest absolute Gasteiger partial charge is 0.434 e.